The van der Waals surface area contributed by atoms with Crippen molar-refractivity contribution in [2.45, 2.75) is 48.4 Å². The van der Waals surface area contributed by atoms with E-state index in [4.69, 9.17) is 36.0 Å². The van der Waals surface area contributed by atoms with Crippen molar-refractivity contribution >= 4 is 53.1 Å². The van der Waals surface area contributed by atoms with Gasteiger partial charge in [-0.05, 0) is 0 Å². The Hall–Kier alpha value is -2.26. The zero-order valence-electron chi connectivity index (χ0n) is 25.0. The molecule has 0 heterocycles. The van der Waals surface area contributed by atoms with Crippen LogP contribution < -0.4 is 28.4 Å². The summed E-state index contributed by atoms with van der Waals surface area (Å²) in [6.45, 7) is 4.11. The quantitative estimate of drug-likeness (QED) is 0.182. The molecule has 2 aromatic rings. The van der Waals surface area contributed by atoms with E-state index in [-0.39, 0.29) is 22.6 Å². The van der Waals surface area contributed by atoms with E-state index in [1.807, 2.05) is 0 Å². The van der Waals surface area contributed by atoms with E-state index in [1.165, 1.54) is 42.7 Å². The first kappa shape index (κ1) is 34.9. The van der Waals surface area contributed by atoms with E-state index in [9.17, 15) is 9.59 Å². The fraction of sp³-hybridized carbons (Fsp3) is 0.500. The van der Waals surface area contributed by atoms with Crippen LogP contribution in [0.3, 0.4) is 0 Å². The fourth-order valence-electron chi connectivity index (χ4n) is 3.86. The van der Waals surface area contributed by atoms with Gasteiger partial charge in [0.15, 0.2) is 0 Å². The third-order valence-corrected chi connectivity index (χ3v) is 22.7. The Kier molecular flexibility index (Phi) is 15.6. The van der Waals surface area contributed by atoms with Crippen molar-refractivity contribution in [3.8, 4) is 34.5 Å². The van der Waals surface area contributed by atoms with Gasteiger partial charge in [-0.15, -0.1) is 0 Å². The van der Waals surface area contributed by atoms with Gasteiger partial charge in [0.1, 0.15) is 0 Å². The molecular weight excluding hydrogens is 750 g/mol. The van der Waals surface area contributed by atoms with Crippen molar-refractivity contribution in [3.05, 3.63) is 35.4 Å². The number of carbonyl (C=O) groups excluding carboxylic acids is 2. The van der Waals surface area contributed by atoms with Crippen LogP contribution in [0.4, 0.5) is 0 Å². The number of hydrogen-bond acceptors (Lipinski definition) is 11. The number of carbonyl (C=O) groups is 2. The molecule has 0 fully saturated rings. The Bertz CT molecular complexity index is 1060. The molecule has 0 aromatic heterocycles. The van der Waals surface area contributed by atoms with Gasteiger partial charge in [-0.3, -0.25) is 0 Å². The van der Waals surface area contributed by atoms with E-state index >= 15 is 0 Å². The number of methoxy groups -OCH3 is 6. The van der Waals surface area contributed by atoms with E-state index in [2.05, 4.69) is 13.8 Å². The average molecular weight is 790 g/mol. The fourth-order valence-corrected chi connectivity index (χ4v) is 21.8. The van der Waals surface area contributed by atoms with Crippen molar-refractivity contribution in [2.24, 2.45) is 0 Å². The molecule has 0 aliphatic carbocycles. The third kappa shape index (κ3) is 9.37. The molecule has 13 heteroatoms. The van der Waals surface area contributed by atoms with Gasteiger partial charge in [0.25, 0.3) is 0 Å². The molecule has 2 aromatic carbocycles. The van der Waals surface area contributed by atoms with Crippen molar-refractivity contribution in [1.29, 1.82) is 0 Å². The Morgan fingerprint density at radius 1 is 0.561 bits per heavy atom. The second-order valence-corrected chi connectivity index (χ2v) is 21.4. The van der Waals surface area contributed by atoms with Crippen LogP contribution in [0.5, 0.6) is 34.5 Å². The maximum absolute atomic E-state index is 13.4. The molecule has 41 heavy (non-hydrogen) atoms. The predicted octanol–water partition coefficient (Wildman–Crippen LogP) is 5.35. The molecule has 0 bridgehead atoms. The normalized spacial score (nSPS) is 10.8. The standard InChI is InChI=1S/2C10H12O5.2C4H9.O.2Sn/c2*1-13-7-5-4-6(10(11)12)8(14-2)9(7)15-3;2*1-3-4-2;;;/h2*4-5H,1-3H3,(H,11,12);2*1,3-4H2,2H3;;;/q;;;;;2*+1/p-2. The number of unbranched alkanes of at least 4 members (excludes halogenated alkanes) is 2. The Morgan fingerprint density at radius 3 is 1.22 bits per heavy atom. The van der Waals surface area contributed by atoms with Crippen molar-refractivity contribution in [2.75, 3.05) is 42.7 Å². The number of hydrogen-bond donors (Lipinski definition) is 0. The van der Waals surface area contributed by atoms with E-state index in [0.29, 0.717) is 31.9 Å². The van der Waals surface area contributed by atoms with Gasteiger partial charge in [0.05, 0.1) is 0 Å². The summed E-state index contributed by atoms with van der Waals surface area (Å²) in [7, 11) is 8.83. The second kappa shape index (κ2) is 18.3. The molecule has 2 radical (unpaired) electrons. The topological polar surface area (TPSA) is 117 Å². The summed E-state index contributed by atoms with van der Waals surface area (Å²) in [4.78, 5) is 26.7. The Balaban J connectivity index is 2.33. The van der Waals surface area contributed by atoms with Crippen molar-refractivity contribution < 1.29 is 45.6 Å². The first-order chi connectivity index (χ1) is 19.8. The van der Waals surface area contributed by atoms with Gasteiger partial charge in [-0.25, -0.2) is 0 Å². The van der Waals surface area contributed by atoms with Crippen LogP contribution in [0, 0.1) is 0 Å². The molecule has 0 aliphatic heterocycles. The molecule has 226 valence electrons. The van der Waals surface area contributed by atoms with Gasteiger partial charge in [-0.2, -0.15) is 0 Å². The van der Waals surface area contributed by atoms with Gasteiger partial charge < -0.3 is 0 Å². The summed E-state index contributed by atoms with van der Waals surface area (Å²) in [5.74, 6) is 0.726. The van der Waals surface area contributed by atoms with Gasteiger partial charge in [0.2, 0.25) is 0 Å². The van der Waals surface area contributed by atoms with Gasteiger partial charge >= 0.3 is 260 Å². The Morgan fingerprint density at radius 2 is 0.927 bits per heavy atom. The molecule has 0 saturated heterocycles. The summed E-state index contributed by atoms with van der Waals surface area (Å²) in [5.41, 5.74) is 0.406. The molecule has 11 nitrogen and oxygen atoms in total. The van der Waals surface area contributed by atoms with Gasteiger partial charge in [-0.1, -0.05) is 0 Å². The first-order valence-electron chi connectivity index (χ1n) is 13.2. The first-order valence-corrected chi connectivity index (χ1v) is 21.9. The van der Waals surface area contributed by atoms with Crippen LogP contribution in [-0.2, 0) is 7.56 Å². The summed E-state index contributed by atoms with van der Waals surface area (Å²) < 4.78 is 52.2. The van der Waals surface area contributed by atoms with Crippen LogP contribution in [0.25, 0.3) is 0 Å². The molecule has 0 N–H and O–H groups in total. The average Bonchev–Trinajstić information content (AvgIpc) is 3.00. The van der Waals surface area contributed by atoms with Crippen LogP contribution in [0.15, 0.2) is 24.3 Å². The number of benzene rings is 2. The minimum absolute atomic E-state index is 0.203. The van der Waals surface area contributed by atoms with E-state index in [1.54, 1.807) is 24.3 Å². The molecule has 0 aliphatic rings. The van der Waals surface area contributed by atoms with Crippen LogP contribution in [-0.4, -0.2) is 95.8 Å². The molecule has 0 unspecified atom stereocenters. The monoisotopic (exact) mass is 792 g/mol. The van der Waals surface area contributed by atoms with E-state index in [0.717, 1.165) is 25.7 Å². The van der Waals surface area contributed by atoms with Gasteiger partial charge in [0, 0.05) is 0 Å². The molecule has 0 amide bonds. The number of ether oxygens (including phenoxy) is 6. The SMILES string of the molecule is CCC[CH2][Sn]([O]C(=O)c1ccc(OC)c(OC)c1OC)[O][Sn]([CH2]CCC)[O]C(=O)c1ccc(OC)c(OC)c1OC. The summed E-state index contributed by atoms with van der Waals surface area (Å²) in [5, 5.41) is 0. The van der Waals surface area contributed by atoms with Crippen LogP contribution >= 0.6 is 0 Å². The Labute approximate surface area is 258 Å². The summed E-state index contributed by atoms with van der Waals surface area (Å²) >= 11 is -6.61. The van der Waals surface area contributed by atoms with Crippen molar-refractivity contribution in [1.82, 2.24) is 0 Å². The maximum atomic E-state index is 13.4. The molecular formula is C28H40O11Sn2. The van der Waals surface area contributed by atoms with Crippen LogP contribution in [0.1, 0.15) is 60.2 Å². The number of rotatable bonds is 18. The van der Waals surface area contributed by atoms with Crippen LogP contribution in [0.2, 0.25) is 8.87 Å². The zero-order chi connectivity index (χ0) is 30.4. The molecule has 2 rings (SSSR count). The van der Waals surface area contributed by atoms with E-state index < -0.39 is 53.1 Å². The molecule has 0 saturated carbocycles. The minimum atomic E-state index is -3.30. The predicted molar refractivity (Wildman–Crippen MR) is 155 cm³/mol. The molecule has 0 atom stereocenters. The third-order valence-electron chi connectivity index (χ3n) is 5.96. The second-order valence-electron chi connectivity index (χ2n) is 8.60. The zero-order valence-corrected chi connectivity index (χ0v) is 30.8. The summed E-state index contributed by atoms with van der Waals surface area (Å²) in [6.07, 6.45) is 3.46. The van der Waals surface area contributed by atoms with Crippen molar-refractivity contribution in [3.63, 3.8) is 0 Å². The molecule has 0 spiro atoms. The summed E-state index contributed by atoms with van der Waals surface area (Å²) in [6, 6.07) is 6.38.